The van der Waals surface area contributed by atoms with E-state index < -0.39 is 0 Å². The number of hydrogen-bond acceptors (Lipinski definition) is 4. The van der Waals surface area contributed by atoms with Gasteiger partial charge in [-0.1, -0.05) is 12.1 Å². The first kappa shape index (κ1) is 17.4. The van der Waals surface area contributed by atoms with Crippen LogP contribution in [0.1, 0.15) is 17.5 Å². The summed E-state index contributed by atoms with van der Waals surface area (Å²) in [5.74, 6) is 1.22. The molecule has 5 nitrogen and oxygen atoms in total. The van der Waals surface area contributed by atoms with E-state index in [1.54, 1.807) is 24.3 Å². The summed E-state index contributed by atoms with van der Waals surface area (Å²) in [6.07, 6.45) is 0.719. The molecule has 0 heterocycles. The lowest BCUT2D eigenvalue weighted by Gasteiger charge is -2.09. The summed E-state index contributed by atoms with van der Waals surface area (Å²) < 4.78 is 11.0. The number of rotatable bonds is 8. The molecule has 0 fully saturated rings. The topological polar surface area (TPSA) is 71.3 Å². The fourth-order valence-corrected chi connectivity index (χ4v) is 2.02. The van der Waals surface area contributed by atoms with Gasteiger partial charge >= 0.3 is 0 Å². The molecule has 0 saturated carbocycles. The Bertz CT molecular complexity index is 705. The lowest BCUT2D eigenvalue weighted by atomic mass is 10.2. The van der Waals surface area contributed by atoms with E-state index in [-0.39, 0.29) is 12.5 Å². The van der Waals surface area contributed by atoms with Crippen molar-refractivity contribution in [1.29, 1.82) is 5.26 Å². The average Bonchev–Trinajstić information content (AvgIpc) is 2.60. The number of nitrogens with zero attached hydrogens (tertiary/aromatic N) is 1. The zero-order valence-corrected chi connectivity index (χ0v) is 13.6. The first-order chi connectivity index (χ1) is 11.7. The molecule has 5 heteroatoms. The normalized spacial score (nSPS) is 9.83. The SMILES string of the molecule is Cc1cccc(OCCCNC(=O)COc2ccc(C#N)cc2)c1. The van der Waals surface area contributed by atoms with Crippen molar-refractivity contribution in [3.63, 3.8) is 0 Å². The van der Waals surface area contributed by atoms with Gasteiger partial charge in [0.2, 0.25) is 0 Å². The summed E-state index contributed by atoms with van der Waals surface area (Å²) in [6.45, 7) is 3.03. The smallest absolute Gasteiger partial charge is 0.257 e. The van der Waals surface area contributed by atoms with E-state index in [2.05, 4.69) is 5.32 Å². The van der Waals surface area contributed by atoms with Gasteiger partial charge in [0, 0.05) is 6.54 Å². The van der Waals surface area contributed by atoms with Gasteiger partial charge in [-0.25, -0.2) is 0 Å². The van der Waals surface area contributed by atoms with Crippen molar-refractivity contribution in [1.82, 2.24) is 5.32 Å². The highest BCUT2D eigenvalue weighted by atomic mass is 16.5. The molecule has 0 spiro atoms. The Morgan fingerprint density at radius 3 is 2.62 bits per heavy atom. The van der Waals surface area contributed by atoms with Crippen LogP contribution in [0.25, 0.3) is 0 Å². The number of benzene rings is 2. The van der Waals surface area contributed by atoms with Crippen molar-refractivity contribution in [3.8, 4) is 17.6 Å². The van der Waals surface area contributed by atoms with E-state index in [0.29, 0.717) is 24.5 Å². The van der Waals surface area contributed by atoms with Crippen LogP contribution in [0.5, 0.6) is 11.5 Å². The fourth-order valence-electron chi connectivity index (χ4n) is 2.02. The Balaban J connectivity index is 1.58. The summed E-state index contributed by atoms with van der Waals surface area (Å²) >= 11 is 0. The Kier molecular flexibility index (Phi) is 6.66. The second-order valence-electron chi connectivity index (χ2n) is 5.29. The molecule has 1 N–H and O–H groups in total. The van der Waals surface area contributed by atoms with Crippen molar-refractivity contribution in [3.05, 3.63) is 59.7 Å². The van der Waals surface area contributed by atoms with Gasteiger partial charge in [-0.2, -0.15) is 5.26 Å². The summed E-state index contributed by atoms with van der Waals surface area (Å²) in [6, 6.07) is 16.5. The highest BCUT2D eigenvalue weighted by Gasteiger charge is 2.02. The van der Waals surface area contributed by atoms with Crippen molar-refractivity contribution >= 4 is 5.91 Å². The molecule has 0 aromatic heterocycles. The van der Waals surface area contributed by atoms with Gasteiger partial charge in [0.05, 0.1) is 18.2 Å². The van der Waals surface area contributed by atoms with Crippen LogP contribution >= 0.6 is 0 Å². The van der Waals surface area contributed by atoms with Gasteiger partial charge in [-0.05, 0) is 55.3 Å². The van der Waals surface area contributed by atoms with Gasteiger partial charge in [-0.3, -0.25) is 4.79 Å². The maximum atomic E-state index is 11.7. The van der Waals surface area contributed by atoms with Crippen LogP contribution in [0, 0.1) is 18.3 Å². The Labute approximate surface area is 141 Å². The molecule has 1 amide bonds. The molecule has 0 aliphatic heterocycles. The standard InChI is InChI=1S/C19H20N2O3/c1-15-4-2-5-18(12-15)23-11-3-10-21-19(22)14-24-17-8-6-16(13-20)7-9-17/h2,4-9,12H,3,10-11,14H2,1H3,(H,21,22). The van der Waals surface area contributed by atoms with Crippen LogP contribution < -0.4 is 14.8 Å². The minimum Gasteiger partial charge on any atom is -0.494 e. The number of carbonyl (C=O) groups is 1. The quantitative estimate of drug-likeness (QED) is 0.758. The molecule has 24 heavy (non-hydrogen) atoms. The van der Waals surface area contributed by atoms with Gasteiger partial charge in [-0.15, -0.1) is 0 Å². The van der Waals surface area contributed by atoms with E-state index in [1.807, 2.05) is 37.3 Å². The Hall–Kier alpha value is -3.00. The van der Waals surface area contributed by atoms with Gasteiger partial charge < -0.3 is 14.8 Å². The van der Waals surface area contributed by atoms with E-state index >= 15 is 0 Å². The Morgan fingerprint density at radius 2 is 1.92 bits per heavy atom. The maximum absolute atomic E-state index is 11.7. The van der Waals surface area contributed by atoms with Crippen molar-refractivity contribution < 1.29 is 14.3 Å². The van der Waals surface area contributed by atoms with Gasteiger partial charge in [0.15, 0.2) is 6.61 Å². The lowest BCUT2D eigenvalue weighted by Crippen LogP contribution is -2.30. The molecule has 0 aliphatic rings. The van der Waals surface area contributed by atoms with Crippen LogP contribution in [0.15, 0.2) is 48.5 Å². The summed E-state index contributed by atoms with van der Waals surface area (Å²) in [7, 11) is 0. The van der Waals surface area contributed by atoms with E-state index in [0.717, 1.165) is 17.7 Å². The predicted octanol–water partition coefficient (Wildman–Crippen LogP) is 2.83. The number of hydrogen-bond donors (Lipinski definition) is 1. The second-order valence-corrected chi connectivity index (χ2v) is 5.29. The van der Waals surface area contributed by atoms with Crippen LogP contribution in [-0.2, 0) is 4.79 Å². The lowest BCUT2D eigenvalue weighted by molar-refractivity contribution is -0.123. The van der Waals surface area contributed by atoms with E-state index in [4.69, 9.17) is 14.7 Å². The zero-order chi connectivity index (χ0) is 17.2. The number of carbonyl (C=O) groups excluding carboxylic acids is 1. The third kappa shape index (κ3) is 6.01. The predicted molar refractivity (Wildman–Crippen MR) is 91.0 cm³/mol. The summed E-state index contributed by atoms with van der Waals surface area (Å²) in [5, 5.41) is 11.5. The molecule has 0 saturated heterocycles. The fraction of sp³-hybridized carbons (Fsp3) is 0.263. The summed E-state index contributed by atoms with van der Waals surface area (Å²) in [4.78, 5) is 11.7. The summed E-state index contributed by atoms with van der Waals surface area (Å²) in [5.41, 5.74) is 1.71. The largest absolute Gasteiger partial charge is 0.494 e. The number of ether oxygens (including phenoxy) is 2. The van der Waals surface area contributed by atoms with E-state index in [1.165, 1.54) is 0 Å². The molecule has 2 aromatic rings. The Morgan fingerprint density at radius 1 is 1.12 bits per heavy atom. The zero-order valence-electron chi connectivity index (χ0n) is 13.6. The van der Waals surface area contributed by atoms with Crippen LogP contribution in [-0.4, -0.2) is 25.7 Å². The first-order valence-electron chi connectivity index (χ1n) is 7.76. The highest BCUT2D eigenvalue weighted by molar-refractivity contribution is 5.77. The molecule has 0 radical (unpaired) electrons. The number of aryl methyl sites for hydroxylation is 1. The van der Waals surface area contributed by atoms with E-state index in [9.17, 15) is 4.79 Å². The molecule has 0 atom stereocenters. The van der Waals surface area contributed by atoms with Crippen molar-refractivity contribution in [2.75, 3.05) is 19.8 Å². The number of nitriles is 1. The third-order valence-electron chi connectivity index (χ3n) is 3.25. The monoisotopic (exact) mass is 324 g/mol. The minimum atomic E-state index is -0.185. The van der Waals surface area contributed by atoms with Crippen molar-refractivity contribution in [2.45, 2.75) is 13.3 Å². The second kappa shape index (κ2) is 9.21. The maximum Gasteiger partial charge on any atom is 0.257 e. The molecular formula is C19H20N2O3. The molecule has 124 valence electrons. The van der Waals surface area contributed by atoms with Crippen LogP contribution in [0.4, 0.5) is 0 Å². The van der Waals surface area contributed by atoms with Crippen LogP contribution in [0.2, 0.25) is 0 Å². The molecule has 2 aromatic carbocycles. The third-order valence-corrected chi connectivity index (χ3v) is 3.25. The molecule has 2 rings (SSSR count). The molecule has 0 unspecified atom stereocenters. The number of nitrogens with one attached hydrogen (secondary N) is 1. The first-order valence-corrected chi connectivity index (χ1v) is 7.76. The van der Waals surface area contributed by atoms with Gasteiger partial charge in [0.1, 0.15) is 11.5 Å². The minimum absolute atomic E-state index is 0.0510. The molecular weight excluding hydrogens is 304 g/mol. The molecule has 0 aliphatic carbocycles. The highest BCUT2D eigenvalue weighted by Crippen LogP contribution is 2.12. The van der Waals surface area contributed by atoms with Crippen LogP contribution in [0.3, 0.4) is 0 Å². The van der Waals surface area contributed by atoms with Crippen molar-refractivity contribution in [2.24, 2.45) is 0 Å². The molecule has 0 bridgehead atoms. The average molecular weight is 324 g/mol. The number of amides is 1. The van der Waals surface area contributed by atoms with Gasteiger partial charge in [0.25, 0.3) is 5.91 Å².